The van der Waals surface area contributed by atoms with Gasteiger partial charge in [0.15, 0.2) is 0 Å². The molecule has 0 aromatic heterocycles. The van der Waals surface area contributed by atoms with Crippen molar-refractivity contribution in [1.29, 1.82) is 0 Å². The summed E-state index contributed by atoms with van der Waals surface area (Å²) in [5, 5.41) is 4.32. The monoisotopic (exact) mass is 440 g/mol. The molecule has 0 radical (unpaired) electrons. The molecule has 0 fully saturated rings. The normalized spacial score (nSPS) is 11.8. The summed E-state index contributed by atoms with van der Waals surface area (Å²) in [7, 11) is 0. The highest BCUT2D eigenvalue weighted by Crippen LogP contribution is 2.27. The number of carbonyl (C=O) groups excluding carboxylic acids is 2. The lowest BCUT2D eigenvalue weighted by Crippen LogP contribution is -2.49. The molecule has 7 heteroatoms. The van der Waals surface area contributed by atoms with Crippen LogP contribution in [0.4, 0.5) is 0 Å². The Hall–Kier alpha value is -1.75. The van der Waals surface area contributed by atoms with E-state index in [0.717, 1.165) is 5.56 Å². The number of halogens is 3. The molecule has 0 aliphatic carbocycles. The Balaban J connectivity index is 2.35. The SMILES string of the molecule is CCNC(=O)[C@@H](CC)N(Cc1c(Cl)cccc1Cl)C(=O)Cc1ccc(Cl)cc1. The first-order chi connectivity index (χ1) is 13.4. The van der Waals surface area contributed by atoms with E-state index in [1.54, 1.807) is 47.4 Å². The van der Waals surface area contributed by atoms with Gasteiger partial charge in [-0.05, 0) is 43.2 Å². The van der Waals surface area contributed by atoms with E-state index >= 15 is 0 Å². The Bertz CT molecular complexity index is 805. The summed E-state index contributed by atoms with van der Waals surface area (Å²) in [6, 6.07) is 11.6. The van der Waals surface area contributed by atoms with Crippen LogP contribution in [0.5, 0.6) is 0 Å². The van der Waals surface area contributed by atoms with Crippen molar-refractivity contribution in [3.63, 3.8) is 0 Å². The van der Waals surface area contributed by atoms with E-state index in [1.807, 2.05) is 13.8 Å². The van der Waals surface area contributed by atoms with Gasteiger partial charge in [0.25, 0.3) is 0 Å². The zero-order valence-electron chi connectivity index (χ0n) is 15.8. The lowest BCUT2D eigenvalue weighted by Gasteiger charge is -2.31. The molecular weight excluding hydrogens is 419 g/mol. The fourth-order valence-electron chi connectivity index (χ4n) is 2.94. The standard InChI is InChI=1S/C21H23Cl3N2O2/c1-3-19(21(28)25-4-2)26(13-16-17(23)6-5-7-18(16)24)20(27)12-14-8-10-15(22)11-9-14/h5-11,19H,3-4,12-13H2,1-2H3,(H,25,28)/t19-/m1/s1. The second-order valence-corrected chi connectivity index (χ2v) is 7.59. The first kappa shape index (κ1) is 22.5. The molecular formula is C21H23Cl3N2O2. The van der Waals surface area contributed by atoms with E-state index in [-0.39, 0.29) is 24.8 Å². The van der Waals surface area contributed by atoms with Gasteiger partial charge in [-0.25, -0.2) is 0 Å². The first-order valence-corrected chi connectivity index (χ1v) is 10.2. The van der Waals surface area contributed by atoms with Gasteiger partial charge in [0.05, 0.1) is 6.42 Å². The average molecular weight is 442 g/mol. The van der Waals surface area contributed by atoms with Gasteiger partial charge in [0.1, 0.15) is 6.04 Å². The van der Waals surface area contributed by atoms with Crippen LogP contribution in [0.15, 0.2) is 42.5 Å². The largest absolute Gasteiger partial charge is 0.355 e. The Morgan fingerprint density at radius 2 is 1.61 bits per heavy atom. The Morgan fingerprint density at radius 3 is 2.14 bits per heavy atom. The molecule has 0 aliphatic heterocycles. The van der Waals surface area contributed by atoms with Gasteiger partial charge < -0.3 is 10.2 Å². The van der Waals surface area contributed by atoms with Gasteiger partial charge in [-0.15, -0.1) is 0 Å². The molecule has 2 rings (SSSR count). The number of benzene rings is 2. The molecule has 2 aromatic rings. The van der Waals surface area contributed by atoms with E-state index in [2.05, 4.69) is 5.32 Å². The Labute approximate surface area is 180 Å². The van der Waals surface area contributed by atoms with Crippen LogP contribution in [0.1, 0.15) is 31.4 Å². The highest BCUT2D eigenvalue weighted by Gasteiger charge is 2.29. The van der Waals surface area contributed by atoms with Crippen LogP contribution in [0.3, 0.4) is 0 Å². The zero-order chi connectivity index (χ0) is 20.7. The van der Waals surface area contributed by atoms with E-state index in [0.29, 0.717) is 33.6 Å². The highest BCUT2D eigenvalue weighted by molar-refractivity contribution is 6.36. The van der Waals surface area contributed by atoms with Crippen molar-refractivity contribution in [2.75, 3.05) is 6.54 Å². The number of hydrogen-bond acceptors (Lipinski definition) is 2. The van der Waals surface area contributed by atoms with Crippen molar-refractivity contribution in [2.24, 2.45) is 0 Å². The number of likely N-dealkylation sites (N-methyl/N-ethyl adjacent to an activating group) is 1. The van der Waals surface area contributed by atoms with E-state index in [4.69, 9.17) is 34.8 Å². The van der Waals surface area contributed by atoms with Gasteiger partial charge in [0.2, 0.25) is 11.8 Å². The van der Waals surface area contributed by atoms with Gasteiger partial charge >= 0.3 is 0 Å². The van der Waals surface area contributed by atoms with Crippen LogP contribution >= 0.6 is 34.8 Å². The molecule has 2 amide bonds. The van der Waals surface area contributed by atoms with Crippen molar-refractivity contribution in [1.82, 2.24) is 10.2 Å². The molecule has 1 N–H and O–H groups in total. The van der Waals surface area contributed by atoms with Crippen LogP contribution in [0.25, 0.3) is 0 Å². The second kappa shape index (κ2) is 10.7. The summed E-state index contributed by atoms with van der Waals surface area (Å²) < 4.78 is 0. The number of carbonyl (C=O) groups is 2. The van der Waals surface area contributed by atoms with Crippen LogP contribution < -0.4 is 5.32 Å². The number of amides is 2. The van der Waals surface area contributed by atoms with E-state index in [1.165, 1.54) is 0 Å². The van der Waals surface area contributed by atoms with Crippen molar-refractivity contribution >= 4 is 46.6 Å². The Kier molecular flexibility index (Phi) is 8.61. The fourth-order valence-corrected chi connectivity index (χ4v) is 3.59. The third-order valence-electron chi connectivity index (χ3n) is 4.40. The van der Waals surface area contributed by atoms with Gasteiger partial charge in [-0.3, -0.25) is 9.59 Å². The molecule has 1 atom stereocenters. The number of hydrogen-bond donors (Lipinski definition) is 1. The summed E-state index contributed by atoms with van der Waals surface area (Å²) in [6.45, 7) is 4.36. The molecule has 0 saturated heterocycles. The topological polar surface area (TPSA) is 49.4 Å². The quantitative estimate of drug-likeness (QED) is 0.617. The third-order valence-corrected chi connectivity index (χ3v) is 5.36. The average Bonchev–Trinajstić information content (AvgIpc) is 2.66. The van der Waals surface area contributed by atoms with E-state index < -0.39 is 6.04 Å². The van der Waals surface area contributed by atoms with E-state index in [9.17, 15) is 9.59 Å². The summed E-state index contributed by atoms with van der Waals surface area (Å²) in [4.78, 5) is 27.3. The van der Waals surface area contributed by atoms with Gasteiger partial charge in [-0.1, -0.05) is 59.9 Å². The van der Waals surface area contributed by atoms with Crippen molar-refractivity contribution in [2.45, 2.75) is 39.3 Å². The maximum atomic E-state index is 13.2. The lowest BCUT2D eigenvalue weighted by atomic mass is 10.1. The van der Waals surface area contributed by atoms with Crippen LogP contribution in [-0.4, -0.2) is 29.3 Å². The molecule has 0 spiro atoms. The molecule has 0 heterocycles. The lowest BCUT2D eigenvalue weighted by molar-refractivity contribution is -0.140. The van der Waals surface area contributed by atoms with Crippen LogP contribution in [0, 0.1) is 0 Å². The predicted molar refractivity (Wildman–Crippen MR) is 115 cm³/mol. The van der Waals surface area contributed by atoms with Crippen molar-refractivity contribution < 1.29 is 9.59 Å². The Morgan fingerprint density at radius 1 is 1.00 bits per heavy atom. The maximum absolute atomic E-state index is 13.2. The maximum Gasteiger partial charge on any atom is 0.242 e. The minimum atomic E-state index is -0.618. The zero-order valence-corrected chi connectivity index (χ0v) is 18.1. The molecule has 4 nitrogen and oxygen atoms in total. The minimum Gasteiger partial charge on any atom is -0.355 e. The summed E-state index contributed by atoms with van der Waals surface area (Å²) >= 11 is 18.5. The third kappa shape index (κ3) is 5.87. The number of nitrogens with one attached hydrogen (secondary N) is 1. The molecule has 0 unspecified atom stereocenters. The molecule has 150 valence electrons. The number of rotatable bonds is 8. The molecule has 2 aromatic carbocycles. The van der Waals surface area contributed by atoms with Crippen molar-refractivity contribution in [3.8, 4) is 0 Å². The fraction of sp³-hybridized carbons (Fsp3) is 0.333. The molecule has 0 aliphatic rings. The van der Waals surface area contributed by atoms with Crippen LogP contribution in [0.2, 0.25) is 15.1 Å². The first-order valence-electron chi connectivity index (χ1n) is 9.11. The minimum absolute atomic E-state index is 0.148. The second-order valence-electron chi connectivity index (χ2n) is 6.34. The van der Waals surface area contributed by atoms with Gasteiger partial charge in [0, 0.05) is 33.7 Å². The number of nitrogens with zero attached hydrogens (tertiary/aromatic N) is 1. The highest BCUT2D eigenvalue weighted by atomic mass is 35.5. The van der Waals surface area contributed by atoms with Gasteiger partial charge in [-0.2, -0.15) is 0 Å². The molecule has 28 heavy (non-hydrogen) atoms. The summed E-state index contributed by atoms with van der Waals surface area (Å²) in [6.07, 6.45) is 0.620. The summed E-state index contributed by atoms with van der Waals surface area (Å²) in [5.41, 5.74) is 1.44. The molecule has 0 saturated carbocycles. The van der Waals surface area contributed by atoms with Crippen LogP contribution in [-0.2, 0) is 22.6 Å². The van der Waals surface area contributed by atoms with Crippen molar-refractivity contribution in [3.05, 3.63) is 68.7 Å². The summed E-state index contributed by atoms with van der Waals surface area (Å²) in [5.74, 6) is -0.381. The molecule has 0 bridgehead atoms. The predicted octanol–water partition coefficient (Wildman–Crippen LogP) is 5.13. The smallest absolute Gasteiger partial charge is 0.242 e.